The molecule has 0 saturated carbocycles. The Balaban J connectivity index is 0. The standard InChI is InChI=1S/4C9H10.2Na/c4*1-8(2)9-6-4-3-5-7-9;;/h4*3-7H,1H2,2H3;;. The van der Waals surface area contributed by atoms with Gasteiger partial charge in [0.1, 0.15) is 0 Å². The van der Waals surface area contributed by atoms with Crippen molar-refractivity contribution in [2.24, 2.45) is 0 Å². The molecule has 4 rings (SSSR count). The van der Waals surface area contributed by atoms with E-state index in [-0.39, 0.29) is 59.1 Å². The molecule has 2 heteroatoms. The van der Waals surface area contributed by atoms with Gasteiger partial charge < -0.3 is 0 Å². The van der Waals surface area contributed by atoms with E-state index in [0.717, 1.165) is 22.3 Å². The number of allylic oxidation sites excluding steroid dienone is 4. The fourth-order valence-corrected chi connectivity index (χ4v) is 2.89. The summed E-state index contributed by atoms with van der Waals surface area (Å²) in [7, 11) is 0. The van der Waals surface area contributed by atoms with Crippen molar-refractivity contribution in [1.82, 2.24) is 0 Å². The van der Waals surface area contributed by atoms with Gasteiger partial charge in [0.2, 0.25) is 0 Å². The molecule has 0 fully saturated rings. The molecule has 38 heavy (non-hydrogen) atoms. The molecule has 0 spiro atoms. The van der Waals surface area contributed by atoms with Crippen molar-refractivity contribution >= 4 is 81.4 Å². The van der Waals surface area contributed by atoms with Crippen LogP contribution in [0, 0.1) is 0 Å². The van der Waals surface area contributed by atoms with Gasteiger partial charge in [-0.25, -0.2) is 0 Å². The smallest absolute Gasteiger partial charge is 0 e. The van der Waals surface area contributed by atoms with E-state index in [1.807, 2.05) is 100 Å². The predicted molar refractivity (Wildman–Crippen MR) is 176 cm³/mol. The predicted octanol–water partition coefficient (Wildman–Crippen LogP) is 10.1. The maximum absolute atomic E-state index is 3.83. The molecule has 0 amide bonds. The molecule has 0 atom stereocenters. The van der Waals surface area contributed by atoms with Gasteiger partial charge in [-0.15, -0.1) is 0 Å². The topological polar surface area (TPSA) is 0 Å². The van der Waals surface area contributed by atoms with Gasteiger partial charge in [-0.2, -0.15) is 0 Å². The van der Waals surface area contributed by atoms with Crippen LogP contribution < -0.4 is 0 Å². The first kappa shape index (κ1) is 38.0. The van der Waals surface area contributed by atoms with Gasteiger partial charge >= 0.3 is 0 Å². The first-order chi connectivity index (χ1) is 17.2. The summed E-state index contributed by atoms with van der Waals surface area (Å²) in [5.74, 6) is 0. The van der Waals surface area contributed by atoms with E-state index < -0.39 is 0 Å². The van der Waals surface area contributed by atoms with Crippen LogP contribution in [-0.2, 0) is 0 Å². The maximum Gasteiger partial charge on any atom is 0 e. The Morgan fingerprint density at radius 2 is 0.447 bits per heavy atom. The second-order valence-electron chi connectivity index (χ2n) is 8.59. The van der Waals surface area contributed by atoms with Crippen LogP contribution in [0.3, 0.4) is 0 Å². The minimum atomic E-state index is 0. The zero-order chi connectivity index (χ0) is 26.8. The Labute approximate surface area is 276 Å². The molecule has 0 aromatic heterocycles. The fourth-order valence-electron chi connectivity index (χ4n) is 2.89. The minimum absolute atomic E-state index is 0. The quantitative estimate of drug-likeness (QED) is 0.236. The maximum atomic E-state index is 3.83. The van der Waals surface area contributed by atoms with Gasteiger partial charge in [0, 0.05) is 59.1 Å². The third kappa shape index (κ3) is 17.4. The van der Waals surface area contributed by atoms with E-state index in [2.05, 4.69) is 74.8 Å². The molecule has 0 aliphatic rings. The largest absolute Gasteiger partial charge is 0.0955 e. The summed E-state index contributed by atoms with van der Waals surface area (Å²) >= 11 is 0. The summed E-state index contributed by atoms with van der Waals surface area (Å²) in [4.78, 5) is 0. The fraction of sp³-hybridized carbons (Fsp3) is 0.111. The van der Waals surface area contributed by atoms with Crippen LogP contribution in [0.1, 0.15) is 49.9 Å². The van der Waals surface area contributed by atoms with E-state index >= 15 is 0 Å². The molecule has 186 valence electrons. The molecular weight excluding hydrogens is 478 g/mol. The number of hydrogen-bond acceptors (Lipinski definition) is 0. The van der Waals surface area contributed by atoms with Crippen molar-refractivity contribution in [1.29, 1.82) is 0 Å². The van der Waals surface area contributed by atoms with E-state index in [1.54, 1.807) is 0 Å². The summed E-state index contributed by atoms with van der Waals surface area (Å²) in [6.45, 7) is 23.3. The Bertz CT molecular complexity index is 995. The SMILES string of the molecule is C=C(C)c1ccccc1.C=C(C)c1ccccc1.C=C(C)c1ccccc1.C=C(C)c1ccccc1.[Na].[Na]. The van der Waals surface area contributed by atoms with Crippen molar-refractivity contribution in [3.05, 3.63) is 170 Å². The molecule has 4 aromatic carbocycles. The zero-order valence-electron chi connectivity index (χ0n) is 24.4. The Morgan fingerprint density at radius 1 is 0.316 bits per heavy atom. The third-order valence-corrected chi connectivity index (χ3v) is 5.07. The number of benzene rings is 4. The van der Waals surface area contributed by atoms with Gasteiger partial charge in [0.05, 0.1) is 0 Å². The molecule has 2 radical (unpaired) electrons. The molecule has 0 saturated heterocycles. The first-order valence-corrected chi connectivity index (χ1v) is 12.1. The average molecular weight is 519 g/mol. The second kappa shape index (κ2) is 22.8. The van der Waals surface area contributed by atoms with Gasteiger partial charge in [0.25, 0.3) is 0 Å². The molecule has 0 N–H and O–H groups in total. The van der Waals surface area contributed by atoms with Crippen molar-refractivity contribution in [2.45, 2.75) is 27.7 Å². The van der Waals surface area contributed by atoms with Crippen molar-refractivity contribution in [2.75, 3.05) is 0 Å². The van der Waals surface area contributed by atoms with Gasteiger partial charge in [-0.1, -0.05) is 170 Å². The summed E-state index contributed by atoms with van der Waals surface area (Å²) < 4.78 is 0. The monoisotopic (exact) mass is 518 g/mol. The van der Waals surface area contributed by atoms with Crippen molar-refractivity contribution in [3.63, 3.8) is 0 Å². The summed E-state index contributed by atoms with van der Waals surface area (Å²) in [6, 6.07) is 40.6. The molecule has 0 unspecified atom stereocenters. The summed E-state index contributed by atoms with van der Waals surface area (Å²) in [5.41, 5.74) is 9.36. The van der Waals surface area contributed by atoms with Crippen LogP contribution in [0.5, 0.6) is 0 Å². The van der Waals surface area contributed by atoms with Crippen LogP contribution in [0.25, 0.3) is 22.3 Å². The number of hydrogen-bond donors (Lipinski definition) is 0. The van der Waals surface area contributed by atoms with Gasteiger partial charge in [-0.05, 0) is 49.9 Å². The molecular formula is C36H40Na2. The molecule has 0 nitrogen and oxygen atoms in total. The number of rotatable bonds is 4. The molecule has 0 aliphatic heterocycles. The summed E-state index contributed by atoms with van der Waals surface area (Å²) in [6.07, 6.45) is 0. The average Bonchev–Trinajstić information content (AvgIpc) is 2.92. The third-order valence-electron chi connectivity index (χ3n) is 5.07. The second-order valence-corrected chi connectivity index (χ2v) is 8.59. The van der Waals surface area contributed by atoms with Crippen LogP contribution >= 0.6 is 0 Å². The molecule has 0 bridgehead atoms. The Kier molecular flexibility index (Phi) is 22.8. The van der Waals surface area contributed by atoms with E-state index in [9.17, 15) is 0 Å². The van der Waals surface area contributed by atoms with Crippen molar-refractivity contribution in [3.8, 4) is 0 Å². The van der Waals surface area contributed by atoms with Crippen molar-refractivity contribution < 1.29 is 0 Å². The van der Waals surface area contributed by atoms with Gasteiger partial charge in [-0.3, -0.25) is 0 Å². The van der Waals surface area contributed by atoms with E-state index in [1.165, 1.54) is 22.3 Å². The Hall–Kier alpha value is -2.16. The molecule has 0 aliphatic carbocycles. The van der Waals surface area contributed by atoms with Gasteiger partial charge in [0.15, 0.2) is 0 Å². The minimum Gasteiger partial charge on any atom is -0.0955 e. The van der Waals surface area contributed by atoms with E-state index in [0.29, 0.717) is 0 Å². The Morgan fingerprint density at radius 3 is 0.526 bits per heavy atom. The van der Waals surface area contributed by atoms with Crippen LogP contribution in [0.15, 0.2) is 148 Å². The van der Waals surface area contributed by atoms with Crippen LogP contribution in [0.2, 0.25) is 0 Å². The first-order valence-electron chi connectivity index (χ1n) is 12.1. The molecule has 0 heterocycles. The van der Waals surface area contributed by atoms with Crippen LogP contribution in [0.4, 0.5) is 0 Å². The zero-order valence-corrected chi connectivity index (χ0v) is 28.4. The van der Waals surface area contributed by atoms with E-state index in [4.69, 9.17) is 0 Å². The molecule has 4 aromatic rings. The van der Waals surface area contributed by atoms with Crippen LogP contribution in [-0.4, -0.2) is 59.1 Å². The summed E-state index contributed by atoms with van der Waals surface area (Å²) in [5, 5.41) is 0. The normalized spacial score (nSPS) is 8.53.